The van der Waals surface area contributed by atoms with Gasteiger partial charge in [-0.25, -0.2) is 0 Å². The Hall–Kier alpha value is -0.590. The summed E-state index contributed by atoms with van der Waals surface area (Å²) >= 11 is 0.967. The van der Waals surface area contributed by atoms with Crippen molar-refractivity contribution in [1.29, 1.82) is 0 Å². The molecule has 0 saturated heterocycles. The number of hydroxylamine groups is 1. The summed E-state index contributed by atoms with van der Waals surface area (Å²) in [6.45, 7) is 1.57. The minimum atomic E-state index is -4.47. The fourth-order valence-electron chi connectivity index (χ4n) is 0.961. The van der Waals surface area contributed by atoms with Gasteiger partial charge in [0.2, 0.25) is 0 Å². The van der Waals surface area contributed by atoms with Crippen molar-refractivity contribution in [3.05, 3.63) is 21.9 Å². The molecule has 1 unspecified atom stereocenters. The van der Waals surface area contributed by atoms with E-state index in [1.165, 1.54) is 5.48 Å². The highest BCUT2D eigenvalue weighted by Crippen LogP contribution is 2.36. The normalized spacial score (nSPS) is 14.5. The molecule has 1 aromatic rings. The first-order valence-corrected chi connectivity index (χ1v) is 4.35. The predicted octanol–water partition coefficient (Wildman–Crippen LogP) is 2.64. The van der Waals surface area contributed by atoms with Crippen LogP contribution in [0.1, 0.15) is 16.5 Å². The molecular weight excluding hydrogens is 203 g/mol. The number of nitrogens with one attached hydrogen (secondary N) is 1. The maximum absolute atomic E-state index is 12.2. The molecule has 1 rings (SSSR count). The number of thiophene rings is 1. The van der Waals surface area contributed by atoms with Gasteiger partial charge in [0.25, 0.3) is 0 Å². The van der Waals surface area contributed by atoms with Gasteiger partial charge >= 0.3 is 6.18 Å². The molecule has 0 bridgehead atoms. The third-order valence-electron chi connectivity index (χ3n) is 1.62. The van der Waals surface area contributed by atoms with Crippen LogP contribution in [0.25, 0.3) is 0 Å². The van der Waals surface area contributed by atoms with Crippen LogP contribution in [0.3, 0.4) is 0 Å². The van der Waals surface area contributed by atoms with Crippen molar-refractivity contribution >= 4 is 11.3 Å². The van der Waals surface area contributed by atoms with E-state index >= 15 is 0 Å². The van der Waals surface area contributed by atoms with E-state index in [0.717, 1.165) is 11.3 Å². The smallest absolute Gasteiger partial charge is 0.316 e. The van der Waals surface area contributed by atoms with Gasteiger partial charge in [-0.1, -0.05) is 0 Å². The lowest BCUT2D eigenvalue weighted by atomic mass is 10.2. The van der Waals surface area contributed by atoms with Gasteiger partial charge in [0.05, 0.1) is 0 Å². The van der Waals surface area contributed by atoms with Gasteiger partial charge < -0.3 is 5.21 Å². The topological polar surface area (TPSA) is 32.3 Å². The first-order chi connectivity index (χ1) is 5.96. The largest absolute Gasteiger partial charge is 0.410 e. The summed E-state index contributed by atoms with van der Waals surface area (Å²) in [5.41, 5.74) is 1.79. The Labute approximate surface area is 77.0 Å². The molecule has 6 heteroatoms. The van der Waals surface area contributed by atoms with E-state index in [1.807, 2.05) is 0 Å². The van der Waals surface area contributed by atoms with Crippen LogP contribution in [0, 0.1) is 6.92 Å². The number of hydrogen-bond donors (Lipinski definition) is 2. The second kappa shape index (κ2) is 3.65. The predicted molar refractivity (Wildman–Crippen MR) is 42.8 cm³/mol. The highest BCUT2D eigenvalue weighted by atomic mass is 32.1. The minimum Gasteiger partial charge on any atom is -0.316 e. The van der Waals surface area contributed by atoms with Crippen LogP contribution >= 0.6 is 11.3 Å². The Morgan fingerprint density at radius 2 is 2.15 bits per heavy atom. The number of rotatable bonds is 2. The van der Waals surface area contributed by atoms with Crippen molar-refractivity contribution in [2.45, 2.75) is 19.1 Å². The van der Waals surface area contributed by atoms with E-state index in [9.17, 15) is 13.2 Å². The van der Waals surface area contributed by atoms with Crippen LogP contribution in [0.2, 0.25) is 0 Å². The summed E-state index contributed by atoms with van der Waals surface area (Å²) in [5.74, 6) is 0. The summed E-state index contributed by atoms with van der Waals surface area (Å²) < 4.78 is 36.7. The maximum atomic E-state index is 12.2. The molecule has 2 N–H and O–H groups in total. The fourth-order valence-corrected chi connectivity index (χ4v) is 1.96. The average molecular weight is 211 g/mol. The Bertz CT molecular complexity index is 284. The molecule has 1 atom stereocenters. The highest BCUT2D eigenvalue weighted by molar-refractivity contribution is 7.10. The molecule has 0 aliphatic heterocycles. The monoisotopic (exact) mass is 211 g/mol. The van der Waals surface area contributed by atoms with Crippen molar-refractivity contribution in [3.8, 4) is 0 Å². The zero-order chi connectivity index (χ0) is 10.1. The fraction of sp³-hybridized carbons (Fsp3) is 0.429. The Balaban J connectivity index is 2.98. The second-order valence-electron chi connectivity index (χ2n) is 2.57. The molecule has 2 nitrogen and oxygen atoms in total. The van der Waals surface area contributed by atoms with Crippen LogP contribution in [0.15, 0.2) is 11.4 Å². The summed E-state index contributed by atoms with van der Waals surface area (Å²) in [5, 5.41) is 9.95. The average Bonchev–Trinajstić information content (AvgIpc) is 2.35. The van der Waals surface area contributed by atoms with Crippen LogP contribution < -0.4 is 5.48 Å². The SMILES string of the molecule is Cc1ccsc1C(NO)C(F)(F)F. The summed E-state index contributed by atoms with van der Waals surface area (Å²) in [6.07, 6.45) is -4.47. The van der Waals surface area contributed by atoms with E-state index in [-0.39, 0.29) is 4.88 Å². The standard InChI is InChI=1S/C7H8F3NOS/c1-4-2-3-13-5(4)6(11-12)7(8,9)10/h2-3,6,11-12H,1H3. The van der Waals surface area contributed by atoms with Gasteiger partial charge in [-0.2, -0.15) is 18.7 Å². The van der Waals surface area contributed by atoms with E-state index in [0.29, 0.717) is 5.56 Å². The van der Waals surface area contributed by atoms with Crippen molar-refractivity contribution < 1.29 is 18.4 Å². The van der Waals surface area contributed by atoms with Gasteiger partial charge in [-0.15, -0.1) is 11.3 Å². The lowest BCUT2D eigenvalue weighted by molar-refractivity contribution is -0.177. The van der Waals surface area contributed by atoms with E-state index < -0.39 is 12.2 Å². The third-order valence-corrected chi connectivity index (χ3v) is 2.70. The molecule has 0 saturated carbocycles. The van der Waals surface area contributed by atoms with Crippen molar-refractivity contribution in [3.63, 3.8) is 0 Å². The first kappa shape index (κ1) is 10.5. The number of aryl methyl sites for hydroxylation is 1. The molecule has 74 valence electrons. The van der Waals surface area contributed by atoms with Gasteiger partial charge in [-0.05, 0) is 23.9 Å². The molecule has 0 aliphatic rings. The van der Waals surface area contributed by atoms with Crippen molar-refractivity contribution in [1.82, 2.24) is 5.48 Å². The molecule has 0 aromatic carbocycles. The molecule has 0 aliphatic carbocycles. The molecule has 0 radical (unpaired) electrons. The lowest BCUT2D eigenvalue weighted by Gasteiger charge is -2.17. The molecule has 0 spiro atoms. The van der Waals surface area contributed by atoms with Crippen LogP contribution in [0.4, 0.5) is 13.2 Å². The van der Waals surface area contributed by atoms with Crippen LogP contribution in [0.5, 0.6) is 0 Å². The Morgan fingerprint density at radius 3 is 2.46 bits per heavy atom. The Morgan fingerprint density at radius 1 is 1.54 bits per heavy atom. The molecule has 1 aromatic heterocycles. The first-order valence-electron chi connectivity index (χ1n) is 3.47. The van der Waals surface area contributed by atoms with Gasteiger partial charge in [0.1, 0.15) is 0 Å². The quantitative estimate of drug-likeness (QED) is 0.737. The van der Waals surface area contributed by atoms with E-state index in [4.69, 9.17) is 5.21 Å². The van der Waals surface area contributed by atoms with Gasteiger partial charge in [0.15, 0.2) is 6.04 Å². The van der Waals surface area contributed by atoms with Crippen molar-refractivity contribution in [2.24, 2.45) is 0 Å². The number of halogens is 3. The van der Waals surface area contributed by atoms with Crippen LogP contribution in [-0.2, 0) is 0 Å². The van der Waals surface area contributed by atoms with Gasteiger partial charge in [-0.3, -0.25) is 0 Å². The zero-order valence-corrected chi connectivity index (χ0v) is 7.54. The minimum absolute atomic E-state index is 0.0926. The number of hydrogen-bond acceptors (Lipinski definition) is 3. The molecule has 0 fully saturated rings. The van der Waals surface area contributed by atoms with E-state index in [2.05, 4.69) is 0 Å². The lowest BCUT2D eigenvalue weighted by Crippen LogP contribution is -2.31. The van der Waals surface area contributed by atoms with Gasteiger partial charge in [0, 0.05) is 4.88 Å². The molecule has 0 amide bonds. The maximum Gasteiger partial charge on any atom is 0.410 e. The Kier molecular flexibility index (Phi) is 2.94. The zero-order valence-electron chi connectivity index (χ0n) is 6.72. The second-order valence-corrected chi connectivity index (χ2v) is 3.52. The third kappa shape index (κ3) is 2.20. The number of alkyl halides is 3. The van der Waals surface area contributed by atoms with Crippen LogP contribution in [-0.4, -0.2) is 11.4 Å². The summed E-state index contributed by atoms with van der Waals surface area (Å²) in [4.78, 5) is 0.0926. The summed E-state index contributed by atoms with van der Waals surface area (Å²) in [7, 11) is 0. The summed E-state index contributed by atoms with van der Waals surface area (Å²) in [6, 6.07) is -0.400. The van der Waals surface area contributed by atoms with Crippen molar-refractivity contribution in [2.75, 3.05) is 0 Å². The van der Waals surface area contributed by atoms with E-state index in [1.54, 1.807) is 18.4 Å². The molecule has 1 heterocycles. The molecular formula is C7H8F3NOS. The molecule has 13 heavy (non-hydrogen) atoms. The highest BCUT2D eigenvalue weighted by Gasteiger charge is 2.42.